The molecule has 1 amide bonds. The Morgan fingerprint density at radius 2 is 1.60 bits per heavy atom. The standard InChI is InChI=1S/C47H55NO4/c1-31-9-8-19-45(2)42(18-20-47(45)30-48(44(51)52-47)29-46-26-33-21-34(27-46)23-35(22-33)28-46)39-17-15-32(24-37(49)16-14-31)25-41(39)43(50)40-13-7-6-12-38(40)36-10-4-3-5-11-36/h3-7,9-13,15,17,25,33-35,37,42,49H,8,14,16,18-24,26-30H2,1-2H3. The molecule has 6 bridgehead atoms. The summed E-state index contributed by atoms with van der Waals surface area (Å²) in [4.78, 5) is 31.2. The summed E-state index contributed by atoms with van der Waals surface area (Å²) < 4.78 is 6.77. The minimum absolute atomic E-state index is 0.0174. The third-order valence-corrected chi connectivity index (χ3v) is 14.8. The van der Waals surface area contributed by atoms with Crippen LogP contribution >= 0.6 is 0 Å². The van der Waals surface area contributed by atoms with E-state index >= 15 is 4.79 Å². The van der Waals surface area contributed by atoms with E-state index in [4.69, 9.17) is 4.74 Å². The van der Waals surface area contributed by atoms with E-state index in [0.717, 1.165) is 84.2 Å². The monoisotopic (exact) mass is 697 g/mol. The van der Waals surface area contributed by atoms with Gasteiger partial charge in [-0.05, 0) is 148 Å². The van der Waals surface area contributed by atoms with Gasteiger partial charge in [0.25, 0.3) is 0 Å². The van der Waals surface area contributed by atoms with Crippen molar-refractivity contribution in [2.75, 3.05) is 13.1 Å². The van der Waals surface area contributed by atoms with E-state index in [9.17, 15) is 9.90 Å². The number of fused-ring (bicyclic) bond motifs is 8. The lowest BCUT2D eigenvalue weighted by Crippen LogP contribution is -2.52. The van der Waals surface area contributed by atoms with Crippen LogP contribution in [0.5, 0.6) is 0 Å². The molecule has 0 aromatic heterocycles. The number of amides is 1. The van der Waals surface area contributed by atoms with E-state index < -0.39 is 11.7 Å². The summed E-state index contributed by atoms with van der Waals surface area (Å²) in [5.41, 5.74) is 5.99. The van der Waals surface area contributed by atoms with E-state index in [0.29, 0.717) is 24.9 Å². The minimum atomic E-state index is -0.604. The Balaban J connectivity index is 1.10. The van der Waals surface area contributed by atoms with Crippen molar-refractivity contribution < 1.29 is 19.4 Å². The molecule has 7 aliphatic carbocycles. The van der Waals surface area contributed by atoms with Gasteiger partial charge in [-0.1, -0.05) is 85.3 Å². The van der Waals surface area contributed by atoms with Gasteiger partial charge in [-0.25, -0.2) is 4.79 Å². The Morgan fingerprint density at radius 1 is 0.885 bits per heavy atom. The normalized spacial score (nSPS) is 35.4. The fraction of sp³-hybridized carbons (Fsp3) is 0.532. The lowest BCUT2D eigenvalue weighted by atomic mass is 9.49. The number of allylic oxidation sites excluding steroid dienone is 2. The fourth-order valence-corrected chi connectivity index (χ4v) is 12.7. The van der Waals surface area contributed by atoms with Gasteiger partial charge >= 0.3 is 6.09 Å². The zero-order chi connectivity index (χ0) is 35.7. The highest BCUT2D eigenvalue weighted by Gasteiger charge is 2.65. The molecule has 52 heavy (non-hydrogen) atoms. The van der Waals surface area contributed by atoms with Crippen LogP contribution in [0.4, 0.5) is 4.79 Å². The average molecular weight is 698 g/mol. The highest BCUT2D eigenvalue weighted by atomic mass is 16.6. The van der Waals surface area contributed by atoms with E-state index in [2.05, 4.69) is 55.2 Å². The molecule has 6 fully saturated rings. The first-order valence-corrected chi connectivity index (χ1v) is 20.3. The van der Waals surface area contributed by atoms with Gasteiger partial charge < -0.3 is 14.7 Å². The molecule has 3 aromatic carbocycles. The maximum atomic E-state index is 15.0. The summed E-state index contributed by atoms with van der Waals surface area (Å²) >= 11 is 0. The molecule has 0 radical (unpaired) electrons. The van der Waals surface area contributed by atoms with Crippen molar-refractivity contribution in [2.24, 2.45) is 28.6 Å². The van der Waals surface area contributed by atoms with Gasteiger partial charge in [-0.15, -0.1) is 0 Å². The molecule has 5 nitrogen and oxygen atoms in total. The molecule has 272 valence electrons. The lowest BCUT2D eigenvalue weighted by Gasteiger charge is -2.57. The topological polar surface area (TPSA) is 66.8 Å². The first-order chi connectivity index (χ1) is 25.1. The van der Waals surface area contributed by atoms with Gasteiger partial charge in [0.2, 0.25) is 0 Å². The number of ether oxygens (including phenoxy) is 1. The second-order valence-electron chi connectivity index (χ2n) is 18.3. The number of hydrogen-bond donors (Lipinski definition) is 1. The van der Waals surface area contributed by atoms with E-state index in [1.807, 2.05) is 42.5 Å². The predicted octanol–water partition coefficient (Wildman–Crippen LogP) is 10.3. The van der Waals surface area contributed by atoms with Crippen LogP contribution in [0.15, 0.2) is 84.4 Å². The largest absolute Gasteiger partial charge is 0.440 e. The molecule has 1 heterocycles. The molecule has 4 atom stereocenters. The van der Waals surface area contributed by atoms with Gasteiger partial charge in [0.05, 0.1) is 12.6 Å². The Kier molecular flexibility index (Phi) is 8.53. The highest BCUT2D eigenvalue weighted by Crippen LogP contribution is 2.64. The third kappa shape index (κ3) is 5.86. The van der Waals surface area contributed by atoms with Crippen molar-refractivity contribution in [3.63, 3.8) is 0 Å². The first kappa shape index (κ1) is 34.1. The third-order valence-electron chi connectivity index (χ3n) is 14.8. The number of rotatable bonds is 5. The van der Waals surface area contributed by atoms with Gasteiger partial charge in [0.15, 0.2) is 5.78 Å². The molecule has 1 saturated heterocycles. The molecule has 5 heteroatoms. The predicted molar refractivity (Wildman–Crippen MR) is 205 cm³/mol. The quantitative estimate of drug-likeness (QED) is 0.213. The zero-order valence-electron chi connectivity index (χ0n) is 31.1. The minimum Gasteiger partial charge on any atom is -0.440 e. The molecule has 3 aromatic rings. The van der Waals surface area contributed by atoms with Crippen LogP contribution in [0.1, 0.15) is 124 Å². The second-order valence-corrected chi connectivity index (χ2v) is 18.3. The van der Waals surface area contributed by atoms with Crippen LogP contribution in [0.25, 0.3) is 11.1 Å². The van der Waals surface area contributed by atoms with Crippen molar-refractivity contribution in [3.8, 4) is 11.1 Å². The summed E-state index contributed by atoms with van der Waals surface area (Å²) in [5, 5.41) is 11.1. The summed E-state index contributed by atoms with van der Waals surface area (Å²) in [7, 11) is 0. The summed E-state index contributed by atoms with van der Waals surface area (Å²) in [5.74, 6) is 2.58. The maximum Gasteiger partial charge on any atom is 0.410 e. The average Bonchev–Trinajstić information content (AvgIpc) is 3.59. The number of aliphatic hydroxyl groups excluding tert-OH is 1. The SMILES string of the molecule is CC1=CCCC2(C)C(CCC23CN(CC24CC5CC(CC(C5)C2)C4)C(=O)O3)c2ccc(cc2C(=O)c2ccccc2-c2ccccc2)CC(O)CC1. The molecule has 11 rings (SSSR count). The van der Waals surface area contributed by atoms with Crippen molar-refractivity contribution in [3.05, 3.63) is 107 Å². The van der Waals surface area contributed by atoms with Gasteiger partial charge in [0, 0.05) is 23.1 Å². The van der Waals surface area contributed by atoms with Crippen molar-refractivity contribution in [1.29, 1.82) is 0 Å². The smallest absolute Gasteiger partial charge is 0.410 e. The molecule has 1 spiro atoms. The van der Waals surface area contributed by atoms with Crippen LogP contribution in [-0.2, 0) is 11.2 Å². The molecule has 1 N–H and O–H groups in total. The van der Waals surface area contributed by atoms with Gasteiger partial charge in [-0.2, -0.15) is 0 Å². The van der Waals surface area contributed by atoms with Crippen LogP contribution in [0.3, 0.4) is 0 Å². The van der Waals surface area contributed by atoms with E-state index in [1.165, 1.54) is 44.1 Å². The second kappa shape index (κ2) is 13.0. The number of hydrogen-bond acceptors (Lipinski definition) is 4. The number of ketones is 1. The zero-order valence-corrected chi connectivity index (χ0v) is 31.1. The van der Waals surface area contributed by atoms with Crippen molar-refractivity contribution in [2.45, 2.75) is 115 Å². The lowest BCUT2D eigenvalue weighted by molar-refractivity contribution is -0.0641. The van der Waals surface area contributed by atoms with Crippen LogP contribution in [-0.4, -0.2) is 46.7 Å². The van der Waals surface area contributed by atoms with E-state index in [1.54, 1.807) is 0 Å². The van der Waals surface area contributed by atoms with Crippen molar-refractivity contribution in [1.82, 2.24) is 4.90 Å². The number of nitrogens with zero attached hydrogens (tertiary/aromatic N) is 1. The Bertz CT molecular complexity index is 1860. The summed E-state index contributed by atoms with van der Waals surface area (Å²) in [6.07, 6.45) is 15.2. The molecular formula is C47H55NO4. The van der Waals surface area contributed by atoms with E-state index in [-0.39, 0.29) is 28.6 Å². The first-order valence-electron chi connectivity index (χ1n) is 20.3. The Morgan fingerprint density at radius 3 is 2.35 bits per heavy atom. The molecule has 4 unspecified atom stereocenters. The van der Waals surface area contributed by atoms with Gasteiger partial charge in [-0.3, -0.25) is 4.79 Å². The Labute approximate surface area is 309 Å². The number of aliphatic hydroxyl groups is 1. The van der Waals surface area contributed by atoms with Crippen molar-refractivity contribution >= 4 is 11.9 Å². The highest BCUT2D eigenvalue weighted by molar-refractivity contribution is 6.13. The Hall–Kier alpha value is -3.70. The number of carbonyl (C=O) groups is 2. The molecular weight excluding hydrogens is 643 g/mol. The van der Waals surface area contributed by atoms with Crippen LogP contribution < -0.4 is 0 Å². The van der Waals surface area contributed by atoms with Crippen LogP contribution in [0, 0.1) is 28.6 Å². The van der Waals surface area contributed by atoms with Crippen LogP contribution in [0.2, 0.25) is 0 Å². The summed E-state index contributed by atoms with van der Waals surface area (Å²) in [6, 6.07) is 24.5. The molecule has 8 aliphatic rings. The summed E-state index contributed by atoms with van der Waals surface area (Å²) in [6.45, 7) is 6.03. The fourth-order valence-electron chi connectivity index (χ4n) is 12.7. The number of carbonyl (C=O) groups excluding carboxylic acids is 2. The molecule has 5 saturated carbocycles. The number of benzene rings is 3. The van der Waals surface area contributed by atoms with Gasteiger partial charge in [0.1, 0.15) is 5.60 Å². The molecule has 1 aliphatic heterocycles. The maximum absolute atomic E-state index is 15.0.